The molecule has 0 spiro atoms. The number of aromatic amines is 1. The highest BCUT2D eigenvalue weighted by Crippen LogP contribution is 2.32. The van der Waals surface area contributed by atoms with Crippen molar-refractivity contribution in [2.75, 3.05) is 26.2 Å². The van der Waals surface area contributed by atoms with E-state index >= 15 is 0 Å². The topological polar surface area (TPSA) is 70.2 Å². The van der Waals surface area contributed by atoms with Gasteiger partial charge in [-0.15, -0.1) is 0 Å². The van der Waals surface area contributed by atoms with E-state index in [1.807, 2.05) is 11.0 Å². The van der Waals surface area contributed by atoms with Crippen molar-refractivity contribution in [3.8, 4) is 0 Å². The van der Waals surface area contributed by atoms with Gasteiger partial charge in [0, 0.05) is 49.8 Å². The number of hydrogen-bond donors (Lipinski definition) is 2. The number of rotatable bonds is 5. The van der Waals surface area contributed by atoms with Gasteiger partial charge in [0.15, 0.2) is 0 Å². The lowest BCUT2D eigenvalue weighted by Gasteiger charge is -2.30. The van der Waals surface area contributed by atoms with Crippen LogP contribution in [0.4, 0.5) is 0 Å². The summed E-state index contributed by atoms with van der Waals surface area (Å²) in [5.41, 5.74) is 4.75. The molecule has 4 rings (SSSR count). The number of carbonyl (C=O) groups excluding carboxylic acids is 1. The number of amides is 1. The first-order valence-corrected chi connectivity index (χ1v) is 9.97. The van der Waals surface area contributed by atoms with Crippen LogP contribution in [0.25, 0.3) is 0 Å². The lowest BCUT2D eigenvalue weighted by Crippen LogP contribution is -2.43. The van der Waals surface area contributed by atoms with E-state index in [-0.39, 0.29) is 17.9 Å². The molecule has 1 aromatic carbocycles. The second-order valence-electron chi connectivity index (χ2n) is 7.40. The fourth-order valence-corrected chi connectivity index (χ4v) is 4.17. The molecular weight excluding hydrogens is 340 g/mol. The fourth-order valence-electron chi connectivity index (χ4n) is 4.17. The Hall–Kier alpha value is -2.18. The minimum Gasteiger partial charge on any atom is -0.375 e. The summed E-state index contributed by atoms with van der Waals surface area (Å²) in [5.74, 6) is 0.432. The Morgan fingerprint density at radius 1 is 1.37 bits per heavy atom. The van der Waals surface area contributed by atoms with E-state index in [1.165, 1.54) is 16.8 Å². The highest BCUT2D eigenvalue weighted by molar-refractivity contribution is 5.77. The number of nitrogens with zero attached hydrogens (tertiary/aromatic N) is 2. The first-order valence-electron chi connectivity index (χ1n) is 9.97. The van der Waals surface area contributed by atoms with Crippen LogP contribution in [0.15, 0.2) is 30.3 Å². The molecule has 2 aliphatic rings. The monoisotopic (exact) mass is 368 g/mol. The molecule has 2 unspecified atom stereocenters. The number of ether oxygens (including phenoxy) is 1. The summed E-state index contributed by atoms with van der Waals surface area (Å²) in [6.07, 6.45) is 2.26. The average Bonchev–Trinajstić information content (AvgIpc) is 3.13. The van der Waals surface area contributed by atoms with Crippen molar-refractivity contribution in [3.63, 3.8) is 0 Å². The number of morpholine rings is 1. The van der Waals surface area contributed by atoms with Crippen LogP contribution in [0.3, 0.4) is 0 Å². The molecule has 2 aliphatic heterocycles. The van der Waals surface area contributed by atoms with Gasteiger partial charge in [0.1, 0.15) is 0 Å². The Bertz CT molecular complexity index is 768. The summed E-state index contributed by atoms with van der Waals surface area (Å²) in [4.78, 5) is 14.8. The molecule has 2 atom stereocenters. The third-order valence-corrected chi connectivity index (χ3v) is 5.67. The van der Waals surface area contributed by atoms with Crippen molar-refractivity contribution in [1.29, 1.82) is 0 Å². The molecule has 3 heterocycles. The predicted molar refractivity (Wildman–Crippen MR) is 104 cm³/mol. The van der Waals surface area contributed by atoms with Crippen LogP contribution in [0.5, 0.6) is 0 Å². The lowest BCUT2D eigenvalue weighted by atomic mass is 9.89. The van der Waals surface area contributed by atoms with Crippen molar-refractivity contribution < 1.29 is 9.53 Å². The maximum Gasteiger partial charge on any atom is 0.225 e. The van der Waals surface area contributed by atoms with Crippen molar-refractivity contribution in [2.45, 2.75) is 44.8 Å². The SMILES string of the molecule is CCC(c1ccccc1)c1n[nH]c2c1CN(C(=O)CC1CNCCO1)CC2. The van der Waals surface area contributed by atoms with Crippen molar-refractivity contribution >= 4 is 5.91 Å². The summed E-state index contributed by atoms with van der Waals surface area (Å²) < 4.78 is 5.70. The number of benzene rings is 1. The van der Waals surface area contributed by atoms with Crippen molar-refractivity contribution in [3.05, 3.63) is 52.8 Å². The van der Waals surface area contributed by atoms with Crippen molar-refractivity contribution in [1.82, 2.24) is 20.4 Å². The first-order chi connectivity index (χ1) is 13.3. The van der Waals surface area contributed by atoms with E-state index < -0.39 is 0 Å². The zero-order chi connectivity index (χ0) is 18.6. The molecule has 6 heteroatoms. The summed E-state index contributed by atoms with van der Waals surface area (Å²) >= 11 is 0. The highest BCUT2D eigenvalue weighted by Gasteiger charge is 2.29. The molecule has 0 saturated carbocycles. The fraction of sp³-hybridized carbons (Fsp3) is 0.524. The molecule has 144 valence electrons. The quantitative estimate of drug-likeness (QED) is 0.849. The zero-order valence-corrected chi connectivity index (χ0v) is 15.9. The first kappa shape index (κ1) is 18.2. The molecule has 1 aromatic heterocycles. The smallest absolute Gasteiger partial charge is 0.225 e. The van der Waals surface area contributed by atoms with Gasteiger partial charge in [-0.25, -0.2) is 0 Å². The minimum absolute atomic E-state index is 0.0100. The van der Waals surface area contributed by atoms with Gasteiger partial charge in [-0.2, -0.15) is 5.10 Å². The second-order valence-corrected chi connectivity index (χ2v) is 7.40. The van der Waals surface area contributed by atoms with Crippen LogP contribution in [-0.4, -0.2) is 53.3 Å². The van der Waals surface area contributed by atoms with Gasteiger partial charge in [-0.1, -0.05) is 37.3 Å². The van der Waals surface area contributed by atoms with Crippen LogP contribution in [0, 0.1) is 0 Å². The number of carbonyl (C=O) groups is 1. The van der Waals surface area contributed by atoms with Gasteiger partial charge >= 0.3 is 0 Å². The van der Waals surface area contributed by atoms with E-state index in [0.717, 1.165) is 38.2 Å². The molecule has 1 amide bonds. The molecule has 27 heavy (non-hydrogen) atoms. The number of aromatic nitrogens is 2. The van der Waals surface area contributed by atoms with Gasteiger partial charge in [-0.3, -0.25) is 9.89 Å². The van der Waals surface area contributed by atoms with Gasteiger partial charge in [0.05, 0.1) is 24.8 Å². The van der Waals surface area contributed by atoms with Gasteiger partial charge in [-0.05, 0) is 12.0 Å². The third kappa shape index (κ3) is 3.92. The minimum atomic E-state index is -0.0100. The van der Waals surface area contributed by atoms with Gasteiger partial charge in [0.2, 0.25) is 5.91 Å². The number of fused-ring (bicyclic) bond motifs is 1. The van der Waals surface area contributed by atoms with Crippen molar-refractivity contribution in [2.24, 2.45) is 0 Å². The summed E-state index contributed by atoms with van der Waals surface area (Å²) in [7, 11) is 0. The molecule has 1 fully saturated rings. The average molecular weight is 368 g/mol. The standard InChI is InChI=1S/C21H28N4O2/c1-2-17(15-6-4-3-5-7-15)21-18-14-25(10-8-19(18)23-24-21)20(26)12-16-13-22-9-11-27-16/h3-7,16-17,22H,2,8-14H2,1H3,(H,23,24). The maximum absolute atomic E-state index is 12.8. The molecule has 0 aliphatic carbocycles. The van der Waals surface area contributed by atoms with Gasteiger partial charge < -0.3 is 15.0 Å². The van der Waals surface area contributed by atoms with E-state index in [4.69, 9.17) is 4.74 Å². The Morgan fingerprint density at radius 3 is 2.96 bits per heavy atom. The van der Waals surface area contributed by atoms with Crippen LogP contribution in [0.2, 0.25) is 0 Å². The number of nitrogens with one attached hydrogen (secondary N) is 2. The lowest BCUT2D eigenvalue weighted by molar-refractivity contribution is -0.135. The number of H-pyrrole nitrogens is 1. The molecule has 1 saturated heterocycles. The Morgan fingerprint density at radius 2 is 2.22 bits per heavy atom. The Labute approximate surface area is 160 Å². The molecule has 2 aromatic rings. The molecule has 0 bridgehead atoms. The van der Waals surface area contributed by atoms with E-state index in [9.17, 15) is 4.79 Å². The third-order valence-electron chi connectivity index (χ3n) is 5.67. The second kappa shape index (κ2) is 8.23. The molecule has 2 N–H and O–H groups in total. The maximum atomic E-state index is 12.8. The molecule has 0 radical (unpaired) electrons. The van der Waals surface area contributed by atoms with E-state index in [2.05, 4.69) is 46.7 Å². The summed E-state index contributed by atoms with van der Waals surface area (Å²) in [6.45, 7) is 5.89. The highest BCUT2D eigenvalue weighted by atomic mass is 16.5. The van der Waals surface area contributed by atoms with Crippen LogP contribution in [0.1, 0.15) is 48.2 Å². The summed E-state index contributed by atoms with van der Waals surface area (Å²) in [5, 5.41) is 11.2. The summed E-state index contributed by atoms with van der Waals surface area (Å²) in [6, 6.07) is 10.5. The van der Waals surface area contributed by atoms with Gasteiger partial charge in [0.25, 0.3) is 0 Å². The van der Waals surface area contributed by atoms with E-state index in [0.29, 0.717) is 19.6 Å². The Balaban J connectivity index is 1.50. The predicted octanol–water partition coefficient (Wildman–Crippen LogP) is 2.21. The van der Waals surface area contributed by atoms with Crippen LogP contribution in [-0.2, 0) is 22.5 Å². The normalized spacial score (nSPS) is 20.9. The number of hydrogen-bond acceptors (Lipinski definition) is 4. The largest absolute Gasteiger partial charge is 0.375 e. The van der Waals surface area contributed by atoms with E-state index in [1.54, 1.807) is 0 Å². The van der Waals surface area contributed by atoms with Crippen LogP contribution >= 0.6 is 0 Å². The van der Waals surface area contributed by atoms with Crippen LogP contribution < -0.4 is 5.32 Å². The molecular formula is C21H28N4O2. The Kier molecular flexibility index (Phi) is 5.55. The molecule has 6 nitrogen and oxygen atoms in total. The zero-order valence-electron chi connectivity index (χ0n) is 15.9.